The zero-order valence-corrected chi connectivity index (χ0v) is 12.6. The summed E-state index contributed by atoms with van der Waals surface area (Å²) in [5, 5.41) is 0. The lowest BCUT2D eigenvalue weighted by Crippen LogP contribution is -2.03. The second-order valence-electron chi connectivity index (χ2n) is 5.29. The van der Waals surface area contributed by atoms with Crippen LogP contribution in [0.4, 0.5) is 0 Å². The Morgan fingerprint density at radius 2 is 1.41 bits per heavy atom. The number of benzene rings is 3. The molecule has 1 nitrogen and oxygen atoms in total. The highest BCUT2D eigenvalue weighted by molar-refractivity contribution is 6.12. The fraction of sp³-hybridized carbons (Fsp3) is 0.0952. The van der Waals surface area contributed by atoms with E-state index in [0.29, 0.717) is 0 Å². The molecule has 22 heavy (non-hydrogen) atoms. The quantitative estimate of drug-likeness (QED) is 0.606. The van der Waals surface area contributed by atoms with Crippen molar-refractivity contribution in [2.75, 3.05) is 0 Å². The molecule has 0 amide bonds. The van der Waals surface area contributed by atoms with Gasteiger partial charge in [-0.3, -0.25) is 4.79 Å². The molecule has 3 aromatic carbocycles. The Kier molecular flexibility index (Phi) is 4.15. The van der Waals surface area contributed by atoms with Crippen molar-refractivity contribution in [2.24, 2.45) is 0 Å². The van der Waals surface area contributed by atoms with Gasteiger partial charge in [-0.05, 0) is 23.1 Å². The lowest BCUT2D eigenvalue weighted by molar-refractivity contribution is 0.103. The standard InChI is InChI=1S/C21H18O/c1-2-16-12-14-17(15-13-16)19-10-6-7-11-20(19)21(22)18-8-4-3-5-9-18/h3-15H,2H2,1H3. The second kappa shape index (κ2) is 6.40. The summed E-state index contributed by atoms with van der Waals surface area (Å²) in [6, 6.07) is 25.7. The molecule has 108 valence electrons. The number of rotatable bonds is 4. The van der Waals surface area contributed by atoms with E-state index in [4.69, 9.17) is 0 Å². The van der Waals surface area contributed by atoms with Crippen molar-refractivity contribution in [1.82, 2.24) is 0 Å². The first-order valence-corrected chi connectivity index (χ1v) is 7.57. The van der Waals surface area contributed by atoms with Crippen LogP contribution in [0.1, 0.15) is 28.4 Å². The van der Waals surface area contributed by atoms with Crippen molar-refractivity contribution in [2.45, 2.75) is 13.3 Å². The Morgan fingerprint density at radius 1 is 0.773 bits per heavy atom. The molecular weight excluding hydrogens is 268 g/mol. The van der Waals surface area contributed by atoms with E-state index in [1.165, 1.54) is 5.56 Å². The summed E-state index contributed by atoms with van der Waals surface area (Å²) in [4.78, 5) is 12.8. The number of hydrogen-bond donors (Lipinski definition) is 0. The molecule has 0 radical (unpaired) electrons. The monoisotopic (exact) mass is 286 g/mol. The van der Waals surface area contributed by atoms with E-state index in [9.17, 15) is 4.79 Å². The molecule has 0 bridgehead atoms. The maximum Gasteiger partial charge on any atom is 0.193 e. The fourth-order valence-corrected chi connectivity index (χ4v) is 2.60. The highest BCUT2D eigenvalue weighted by atomic mass is 16.1. The topological polar surface area (TPSA) is 17.1 Å². The molecule has 0 saturated heterocycles. The molecule has 0 fully saturated rings. The molecule has 0 saturated carbocycles. The number of hydrogen-bond acceptors (Lipinski definition) is 1. The molecular formula is C21H18O. The van der Waals surface area contributed by atoms with Gasteiger partial charge in [0.15, 0.2) is 5.78 Å². The summed E-state index contributed by atoms with van der Waals surface area (Å²) in [6.07, 6.45) is 1.02. The van der Waals surface area contributed by atoms with Crippen LogP contribution in [-0.2, 0) is 6.42 Å². The lowest BCUT2D eigenvalue weighted by Gasteiger charge is -2.09. The average molecular weight is 286 g/mol. The molecule has 3 rings (SSSR count). The first-order valence-electron chi connectivity index (χ1n) is 7.57. The Bertz CT molecular complexity index is 771. The van der Waals surface area contributed by atoms with E-state index in [0.717, 1.165) is 28.7 Å². The number of aryl methyl sites for hydroxylation is 1. The van der Waals surface area contributed by atoms with Gasteiger partial charge in [0, 0.05) is 11.1 Å². The summed E-state index contributed by atoms with van der Waals surface area (Å²) in [7, 11) is 0. The third kappa shape index (κ3) is 2.84. The van der Waals surface area contributed by atoms with Crippen LogP contribution < -0.4 is 0 Å². The van der Waals surface area contributed by atoms with Gasteiger partial charge in [0.25, 0.3) is 0 Å². The molecule has 0 unspecified atom stereocenters. The largest absolute Gasteiger partial charge is 0.289 e. The van der Waals surface area contributed by atoms with Gasteiger partial charge in [-0.25, -0.2) is 0 Å². The molecule has 0 aromatic heterocycles. The normalized spacial score (nSPS) is 10.4. The number of carbonyl (C=O) groups excluding carboxylic acids is 1. The van der Waals surface area contributed by atoms with Crippen LogP contribution in [0.2, 0.25) is 0 Å². The van der Waals surface area contributed by atoms with Crippen LogP contribution >= 0.6 is 0 Å². The smallest absolute Gasteiger partial charge is 0.193 e. The number of ketones is 1. The third-order valence-corrected chi connectivity index (χ3v) is 3.88. The number of carbonyl (C=O) groups is 1. The predicted octanol–water partition coefficient (Wildman–Crippen LogP) is 5.15. The molecule has 0 atom stereocenters. The minimum absolute atomic E-state index is 0.0655. The Balaban J connectivity index is 2.04. The van der Waals surface area contributed by atoms with E-state index in [1.807, 2.05) is 54.6 Å². The van der Waals surface area contributed by atoms with Crippen LogP contribution in [0.15, 0.2) is 78.9 Å². The first-order chi connectivity index (χ1) is 10.8. The van der Waals surface area contributed by atoms with Gasteiger partial charge in [-0.1, -0.05) is 85.8 Å². The zero-order chi connectivity index (χ0) is 15.4. The summed E-state index contributed by atoms with van der Waals surface area (Å²) < 4.78 is 0. The van der Waals surface area contributed by atoms with Crippen LogP contribution in [0.3, 0.4) is 0 Å². The molecule has 0 N–H and O–H groups in total. The van der Waals surface area contributed by atoms with Crippen molar-refractivity contribution in [3.63, 3.8) is 0 Å². The lowest BCUT2D eigenvalue weighted by atomic mass is 9.93. The van der Waals surface area contributed by atoms with Gasteiger partial charge in [0.2, 0.25) is 0 Å². The summed E-state index contributed by atoms with van der Waals surface area (Å²) in [5.74, 6) is 0.0655. The minimum Gasteiger partial charge on any atom is -0.289 e. The van der Waals surface area contributed by atoms with E-state index in [2.05, 4.69) is 31.2 Å². The maximum absolute atomic E-state index is 12.8. The second-order valence-corrected chi connectivity index (χ2v) is 5.29. The third-order valence-electron chi connectivity index (χ3n) is 3.88. The maximum atomic E-state index is 12.8. The summed E-state index contributed by atoms with van der Waals surface area (Å²) in [6.45, 7) is 2.14. The van der Waals surface area contributed by atoms with Gasteiger partial charge in [0.05, 0.1) is 0 Å². The van der Waals surface area contributed by atoms with Gasteiger partial charge in [-0.2, -0.15) is 0 Å². The van der Waals surface area contributed by atoms with Crippen LogP contribution in [0.5, 0.6) is 0 Å². The van der Waals surface area contributed by atoms with Crippen molar-refractivity contribution >= 4 is 5.78 Å². The van der Waals surface area contributed by atoms with Gasteiger partial charge < -0.3 is 0 Å². The molecule has 3 aromatic rings. The molecule has 0 aliphatic rings. The molecule has 1 heteroatoms. The van der Waals surface area contributed by atoms with Crippen molar-refractivity contribution < 1.29 is 4.79 Å². The Hall–Kier alpha value is -2.67. The summed E-state index contributed by atoms with van der Waals surface area (Å²) in [5.41, 5.74) is 4.84. The Labute approximate surface area is 131 Å². The van der Waals surface area contributed by atoms with Gasteiger partial charge in [0.1, 0.15) is 0 Å². The highest BCUT2D eigenvalue weighted by Gasteiger charge is 2.13. The zero-order valence-electron chi connectivity index (χ0n) is 12.6. The van der Waals surface area contributed by atoms with Gasteiger partial charge >= 0.3 is 0 Å². The summed E-state index contributed by atoms with van der Waals surface area (Å²) >= 11 is 0. The molecule has 0 aliphatic heterocycles. The Morgan fingerprint density at radius 3 is 2.09 bits per heavy atom. The van der Waals surface area contributed by atoms with Crippen LogP contribution in [0.25, 0.3) is 11.1 Å². The SMILES string of the molecule is CCc1ccc(-c2ccccc2C(=O)c2ccccc2)cc1. The van der Waals surface area contributed by atoms with Crippen LogP contribution in [-0.4, -0.2) is 5.78 Å². The average Bonchev–Trinajstić information content (AvgIpc) is 2.62. The molecule has 0 aliphatic carbocycles. The van der Waals surface area contributed by atoms with Crippen LogP contribution in [0, 0.1) is 0 Å². The van der Waals surface area contributed by atoms with Crippen molar-refractivity contribution in [3.05, 3.63) is 95.6 Å². The van der Waals surface area contributed by atoms with Crippen molar-refractivity contribution in [3.8, 4) is 11.1 Å². The van der Waals surface area contributed by atoms with Gasteiger partial charge in [-0.15, -0.1) is 0 Å². The first kappa shape index (κ1) is 14.3. The van der Waals surface area contributed by atoms with E-state index < -0.39 is 0 Å². The highest BCUT2D eigenvalue weighted by Crippen LogP contribution is 2.26. The van der Waals surface area contributed by atoms with Crippen molar-refractivity contribution in [1.29, 1.82) is 0 Å². The van der Waals surface area contributed by atoms with E-state index >= 15 is 0 Å². The van der Waals surface area contributed by atoms with E-state index in [1.54, 1.807) is 0 Å². The predicted molar refractivity (Wildman–Crippen MR) is 91.1 cm³/mol. The minimum atomic E-state index is 0.0655. The molecule has 0 spiro atoms. The molecule has 0 heterocycles. The van der Waals surface area contributed by atoms with E-state index in [-0.39, 0.29) is 5.78 Å². The fourth-order valence-electron chi connectivity index (χ4n) is 2.60.